The van der Waals surface area contributed by atoms with Crippen LogP contribution in [0.2, 0.25) is 0 Å². The van der Waals surface area contributed by atoms with Gasteiger partial charge in [0.1, 0.15) is 10.7 Å². The Bertz CT molecular complexity index is 673. The number of halogens is 4. The van der Waals surface area contributed by atoms with Crippen molar-refractivity contribution in [2.75, 3.05) is 0 Å². The summed E-state index contributed by atoms with van der Waals surface area (Å²) in [4.78, 5) is 11.3. The number of benzene rings is 1. The van der Waals surface area contributed by atoms with Gasteiger partial charge in [-0.2, -0.15) is 13.2 Å². The molecule has 2 nitrogen and oxygen atoms in total. The third-order valence-corrected chi connectivity index (χ3v) is 3.94. The third kappa shape index (κ3) is 2.67. The predicted molar refractivity (Wildman–Crippen MR) is 66.4 cm³/mol. The zero-order valence-corrected chi connectivity index (χ0v) is 10.9. The first-order valence-corrected chi connectivity index (χ1v) is 6.22. The first-order valence-electron chi connectivity index (χ1n) is 5.41. The lowest BCUT2D eigenvalue weighted by atomic mass is 10.1. The average molecular weight is 304 g/mol. The molecule has 1 heterocycles. The van der Waals surface area contributed by atoms with Crippen LogP contribution in [0.5, 0.6) is 0 Å². The van der Waals surface area contributed by atoms with Crippen molar-refractivity contribution in [2.24, 2.45) is 0 Å². The second kappa shape index (κ2) is 4.90. The van der Waals surface area contributed by atoms with E-state index in [-0.39, 0.29) is 10.4 Å². The van der Waals surface area contributed by atoms with E-state index in [4.69, 9.17) is 5.11 Å². The van der Waals surface area contributed by atoms with Crippen molar-refractivity contribution in [1.29, 1.82) is 0 Å². The normalized spacial score (nSPS) is 11.7. The van der Waals surface area contributed by atoms with E-state index in [1.165, 1.54) is 6.07 Å². The van der Waals surface area contributed by atoms with Gasteiger partial charge in [-0.05, 0) is 36.2 Å². The second-order valence-electron chi connectivity index (χ2n) is 4.12. The van der Waals surface area contributed by atoms with Gasteiger partial charge in [0.05, 0.1) is 5.56 Å². The summed E-state index contributed by atoms with van der Waals surface area (Å²) in [6, 6.07) is 3.96. The van der Waals surface area contributed by atoms with Gasteiger partial charge in [0.15, 0.2) is 0 Å². The molecule has 0 spiro atoms. The summed E-state index contributed by atoms with van der Waals surface area (Å²) in [5.41, 5.74) is -0.536. The van der Waals surface area contributed by atoms with Crippen LogP contribution in [0.1, 0.15) is 20.8 Å². The molecule has 1 aromatic heterocycles. The Kier molecular flexibility index (Phi) is 3.56. The summed E-state index contributed by atoms with van der Waals surface area (Å²) in [7, 11) is 0. The van der Waals surface area contributed by atoms with E-state index in [0.717, 1.165) is 23.5 Å². The van der Waals surface area contributed by atoms with Crippen LogP contribution in [0.25, 0.3) is 10.4 Å². The van der Waals surface area contributed by atoms with E-state index in [1.54, 1.807) is 6.92 Å². The molecule has 0 bridgehead atoms. The monoisotopic (exact) mass is 304 g/mol. The molecule has 1 aromatic carbocycles. The summed E-state index contributed by atoms with van der Waals surface area (Å²) in [6.45, 7) is 1.62. The number of carboxylic acid groups (broad SMARTS) is 1. The summed E-state index contributed by atoms with van der Waals surface area (Å²) < 4.78 is 50.9. The molecule has 0 radical (unpaired) electrons. The summed E-state index contributed by atoms with van der Waals surface area (Å²) >= 11 is 0.895. The summed E-state index contributed by atoms with van der Waals surface area (Å²) in [5.74, 6) is -2.50. The van der Waals surface area contributed by atoms with Crippen LogP contribution in [0.15, 0.2) is 24.3 Å². The second-order valence-corrected chi connectivity index (χ2v) is 5.17. The molecule has 2 rings (SSSR count). The van der Waals surface area contributed by atoms with Crippen LogP contribution in [0.4, 0.5) is 17.6 Å². The van der Waals surface area contributed by atoms with Gasteiger partial charge in [-0.15, -0.1) is 11.3 Å². The van der Waals surface area contributed by atoms with Crippen molar-refractivity contribution in [1.82, 2.24) is 0 Å². The fraction of sp³-hybridized carbons (Fsp3) is 0.154. The number of carboxylic acids is 1. The maximum Gasteiger partial charge on any atom is 0.419 e. The molecule has 0 aliphatic heterocycles. The number of aryl methyl sites for hydroxylation is 1. The Hall–Kier alpha value is -1.89. The van der Waals surface area contributed by atoms with Gasteiger partial charge in [-0.3, -0.25) is 0 Å². The smallest absolute Gasteiger partial charge is 0.419 e. The van der Waals surface area contributed by atoms with Crippen molar-refractivity contribution in [3.8, 4) is 10.4 Å². The highest BCUT2D eigenvalue weighted by Crippen LogP contribution is 2.36. The molecule has 0 atom stereocenters. The van der Waals surface area contributed by atoms with E-state index in [2.05, 4.69) is 0 Å². The number of thiophene rings is 1. The standard InChI is InChI=1S/C13H8F4O2S/c1-6-4-10(12(18)19)20-11(6)7-2-3-8(9(14)5-7)13(15,16)17/h2-5H,1H3,(H,18,19). The minimum Gasteiger partial charge on any atom is -0.477 e. The third-order valence-electron chi connectivity index (χ3n) is 2.67. The highest BCUT2D eigenvalue weighted by atomic mass is 32.1. The van der Waals surface area contributed by atoms with E-state index >= 15 is 0 Å². The van der Waals surface area contributed by atoms with Gasteiger partial charge >= 0.3 is 12.1 Å². The van der Waals surface area contributed by atoms with Crippen molar-refractivity contribution in [3.63, 3.8) is 0 Å². The minimum absolute atomic E-state index is 0.0535. The van der Waals surface area contributed by atoms with Gasteiger partial charge in [0, 0.05) is 4.88 Å². The van der Waals surface area contributed by atoms with Gasteiger partial charge in [0.25, 0.3) is 0 Å². The largest absolute Gasteiger partial charge is 0.477 e. The number of carbonyl (C=O) groups is 1. The Labute approximate surface area is 115 Å². The predicted octanol–water partition coefficient (Wildman–Crippen LogP) is 4.58. The van der Waals surface area contributed by atoms with E-state index < -0.39 is 23.5 Å². The van der Waals surface area contributed by atoms with E-state index in [1.807, 2.05) is 0 Å². The highest BCUT2D eigenvalue weighted by Gasteiger charge is 2.34. The summed E-state index contributed by atoms with van der Waals surface area (Å²) in [6.07, 6.45) is -4.75. The van der Waals surface area contributed by atoms with Crippen LogP contribution in [-0.4, -0.2) is 11.1 Å². The Morgan fingerprint density at radius 1 is 1.25 bits per heavy atom. The number of rotatable bonds is 2. The molecule has 106 valence electrons. The van der Waals surface area contributed by atoms with Crippen LogP contribution >= 0.6 is 11.3 Å². The van der Waals surface area contributed by atoms with Crippen molar-refractivity contribution < 1.29 is 27.5 Å². The maximum absolute atomic E-state index is 13.5. The molecule has 0 fully saturated rings. The molecule has 20 heavy (non-hydrogen) atoms. The van der Waals surface area contributed by atoms with E-state index in [0.29, 0.717) is 16.5 Å². The van der Waals surface area contributed by atoms with Gasteiger partial charge in [-0.1, -0.05) is 6.07 Å². The lowest BCUT2D eigenvalue weighted by Crippen LogP contribution is -2.07. The lowest BCUT2D eigenvalue weighted by Gasteiger charge is -2.09. The fourth-order valence-electron chi connectivity index (χ4n) is 1.76. The number of hydrogen-bond donors (Lipinski definition) is 1. The maximum atomic E-state index is 13.5. The highest BCUT2D eigenvalue weighted by molar-refractivity contribution is 7.17. The molecule has 0 saturated heterocycles. The molecule has 1 N–H and O–H groups in total. The average Bonchev–Trinajstić information content (AvgIpc) is 2.69. The lowest BCUT2D eigenvalue weighted by molar-refractivity contribution is -0.139. The first kappa shape index (κ1) is 14.5. The Balaban J connectivity index is 2.50. The van der Waals surface area contributed by atoms with Gasteiger partial charge in [-0.25, -0.2) is 9.18 Å². The van der Waals surface area contributed by atoms with Crippen LogP contribution in [0, 0.1) is 12.7 Å². The quantitative estimate of drug-likeness (QED) is 0.825. The number of aromatic carboxylic acids is 1. The van der Waals surface area contributed by atoms with Crippen molar-refractivity contribution in [2.45, 2.75) is 13.1 Å². The SMILES string of the molecule is Cc1cc(C(=O)O)sc1-c1ccc(C(F)(F)F)c(F)c1. The van der Waals surface area contributed by atoms with Crippen molar-refractivity contribution in [3.05, 3.63) is 46.1 Å². The molecule has 7 heteroatoms. The van der Waals surface area contributed by atoms with Gasteiger partial charge in [0.2, 0.25) is 0 Å². The van der Waals surface area contributed by atoms with Gasteiger partial charge < -0.3 is 5.11 Å². The molecule has 0 aliphatic rings. The molecule has 0 amide bonds. The van der Waals surface area contributed by atoms with Crippen LogP contribution in [-0.2, 0) is 6.18 Å². The van der Waals surface area contributed by atoms with Crippen LogP contribution in [0.3, 0.4) is 0 Å². The first-order chi connectivity index (χ1) is 9.20. The Morgan fingerprint density at radius 3 is 2.35 bits per heavy atom. The Morgan fingerprint density at radius 2 is 1.90 bits per heavy atom. The number of alkyl halides is 3. The topological polar surface area (TPSA) is 37.3 Å². The fourth-order valence-corrected chi connectivity index (χ4v) is 2.77. The van der Waals surface area contributed by atoms with Crippen LogP contribution < -0.4 is 0 Å². The zero-order valence-electron chi connectivity index (χ0n) is 10.1. The molecule has 0 unspecified atom stereocenters. The molecule has 0 saturated carbocycles. The molecular weight excluding hydrogens is 296 g/mol. The minimum atomic E-state index is -4.75. The molecular formula is C13H8F4O2S. The molecule has 0 aliphatic carbocycles. The van der Waals surface area contributed by atoms with Crippen molar-refractivity contribution >= 4 is 17.3 Å². The van der Waals surface area contributed by atoms with E-state index in [9.17, 15) is 22.4 Å². The summed E-state index contributed by atoms with van der Waals surface area (Å²) in [5, 5.41) is 8.86. The number of hydrogen-bond acceptors (Lipinski definition) is 2. The molecule has 2 aromatic rings. The zero-order chi connectivity index (χ0) is 15.1.